The van der Waals surface area contributed by atoms with Crippen molar-refractivity contribution in [2.45, 2.75) is 39.8 Å². The Bertz CT molecular complexity index is 702. The topological polar surface area (TPSA) is 94.7 Å². The van der Waals surface area contributed by atoms with Crippen LogP contribution in [0.1, 0.15) is 26.0 Å². The van der Waals surface area contributed by atoms with Crippen molar-refractivity contribution in [3.63, 3.8) is 0 Å². The van der Waals surface area contributed by atoms with Gasteiger partial charge >= 0.3 is 0 Å². The van der Waals surface area contributed by atoms with Gasteiger partial charge in [0.1, 0.15) is 12.1 Å². The predicted octanol–water partition coefficient (Wildman–Crippen LogP) is -0.252. The van der Waals surface area contributed by atoms with Crippen LogP contribution in [0.4, 0.5) is 0 Å². The Labute approximate surface area is 115 Å². The van der Waals surface area contributed by atoms with Crippen molar-refractivity contribution < 1.29 is 4.79 Å². The summed E-state index contributed by atoms with van der Waals surface area (Å²) in [7, 11) is 1.73. The van der Waals surface area contributed by atoms with Gasteiger partial charge in [0.2, 0.25) is 5.91 Å². The number of aromatic nitrogens is 5. The normalized spacial score (nSPS) is 12.6. The number of carbonyl (C=O) groups excluding carboxylic acids is 1. The summed E-state index contributed by atoms with van der Waals surface area (Å²) in [6, 6.07) is 0.0620. The fourth-order valence-corrected chi connectivity index (χ4v) is 1.78. The minimum atomic E-state index is -0.405. The third-order valence-electron chi connectivity index (χ3n) is 3.31. The number of aryl methyl sites for hydroxylation is 2. The fraction of sp³-hybridized carbons (Fsp3) is 0.583. The molecule has 8 heteroatoms. The zero-order valence-electron chi connectivity index (χ0n) is 12.0. The van der Waals surface area contributed by atoms with E-state index in [1.165, 1.54) is 0 Å². The minimum Gasteiger partial charge on any atom is -0.352 e. The number of nitrogens with one attached hydrogen (secondary N) is 1. The second-order valence-corrected chi connectivity index (χ2v) is 4.84. The monoisotopic (exact) mass is 278 g/mol. The average molecular weight is 278 g/mol. The molecule has 1 amide bonds. The van der Waals surface area contributed by atoms with Crippen LogP contribution < -0.4 is 10.9 Å². The molecule has 20 heavy (non-hydrogen) atoms. The van der Waals surface area contributed by atoms with Gasteiger partial charge in [0.05, 0.1) is 5.69 Å². The number of fused-ring (bicyclic) bond motifs is 1. The van der Waals surface area contributed by atoms with Crippen LogP contribution in [0.2, 0.25) is 0 Å². The van der Waals surface area contributed by atoms with Crippen molar-refractivity contribution in [2.75, 3.05) is 0 Å². The van der Waals surface area contributed by atoms with Crippen LogP contribution in [0.25, 0.3) is 11.0 Å². The molecular weight excluding hydrogens is 260 g/mol. The first kappa shape index (κ1) is 14.2. The van der Waals surface area contributed by atoms with Crippen LogP contribution in [0.15, 0.2) is 4.79 Å². The average Bonchev–Trinajstić information content (AvgIpc) is 2.70. The molecule has 0 saturated carbocycles. The van der Waals surface area contributed by atoms with Crippen LogP contribution in [-0.2, 0) is 18.4 Å². The van der Waals surface area contributed by atoms with Gasteiger partial charge in [-0.1, -0.05) is 12.1 Å². The molecule has 0 radical (unpaired) electrons. The lowest BCUT2D eigenvalue weighted by Crippen LogP contribution is -2.38. The Hall–Kier alpha value is -2.25. The summed E-state index contributed by atoms with van der Waals surface area (Å²) in [4.78, 5) is 24.0. The standard InChI is InChI=1S/C12H18N6O2/c1-5-7(2)13-9(19)6-18-12(20)11-10(14-16-18)8(3)17(4)15-11/h7H,5-6H2,1-4H3,(H,13,19)/t7-/m0/s1. The van der Waals surface area contributed by atoms with Gasteiger partial charge in [-0.15, -0.1) is 5.10 Å². The summed E-state index contributed by atoms with van der Waals surface area (Å²) in [5.74, 6) is -0.261. The Balaban J connectivity index is 2.30. The zero-order valence-corrected chi connectivity index (χ0v) is 12.0. The van der Waals surface area contributed by atoms with Gasteiger partial charge < -0.3 is 5.32 Å². The summed E-state index contributed by atoms with van der Waals surface area (Å²) in [5.41, 5.74) is 1.06. The molecule has 0 unspecified atom stereocenters. The first-order valence-corrected chi connectivity index (χ1v) is 6.50. The third-order valence-corrected chi connectivity index (χ3v) is 3.31. The predicted molar refractivity (Wildman–Crippen MR) is 73.2 cm³/mol. The Morgan fingerprint density at radius 2 is 2.10 bits per heavy atom. The molecule has 0 aliphatic carbocycles. The Kier molecular flexibility index (Phi) is 3.82. The molecule has 0 spiro atoms. The molecule has 8 nitrogen and oxygen atoms in total. The first-order chi connectivity index (χ1) is 9.43. The molecule has 0 aliphatic heterocycles. The third kappa shape index (κ3) is 2.54. The molecule has 2 aromatic heterocycles. The fourth-order valence-electron chi connectivity index (χ4n) is 1.78. The van der Waals surface area contributed by atoms with Gasteiger partial charge in [0.25, 0.3) is 5.56 Å². The van der Waals surface area contributed by atoms with E-state index in [9.17, 15) is 9.59 Å². The molecule has 0 aliphatic rings. The lowest BCUT2D eigenvalue weighted by Gasteiger charge is -2.11. The molecule has 2 heterocycles. The maximum absolute atomic E-state index is 12.2. The van der Waals surface area contributed by atoms with Gasteiger partial charge in [-0.05, 0) is 20.3 Å². The maximum atomic E-state index is 12.2. The van der Waals surface area contributed by atoms with Crippen molar-refractivity contribution in [1.82, 2.24) is 30.1 Å². The van der Waals surface area contributed by atoms with E-state index in [1.54, 1.807) is 11.7 Å². The van der Waals surface area contributed by atoms with Crippen LogP contribution in [-0.4, -0.2) is 36.7 Å². The Morgan fingerprint density at radius 1 is 1.40 bits per heavy atom. The summed E-state index contributed by atoms with van der Waals surface area (Å²) in [5, 5.41) is 14.6. The first-order valence-electron chi connectivity index (χ1n) is 6.50. The van der Waals surface area contributed by atoms with Crippen molar-refractivity contribution in [3.8, 4) is 0 Å². The maximum Gasteiger partial charge on any atom is 0.298 e. The number of rotatable bonds is 4. The lowest BCUT2D eigenvalue weighted by atomic mass is 10.2. The Morgan fingerprint density at radius 3 is 2.75 bits per heavy atom. The highest BCUT2D eigenvalue weighted by molar-refractivity contribution is 5.77. The van der Waals surface area contributed by atoms with E-state index in [-0.39, 0.29) is 24.0 Å². The molecular formula is C12H18N6O2. The van der Waals surface area contributed by atoms with E-state index >= 15 is 0 Å². The summed E-state index contributed by atoms with van der Waals surface area (Å²) >= 11 is 0. The number of amides is 1. The van der Waals surface area contributed by atoms with E-state index in [4.69, 9.17) is 0 Å². The van der Waals surface area contributed by atoms with Crippen molar-refractivity contribution >= 4 is 16.9 Å². The number of hydrogen-bond donors (Lipinski definition) is 1. The van der Waals surface area contributed by atoms with E-state index in [1.807, 2.05) is 20.8 Å². The molecule has 2 rings (SSSR count). The highest BCUT2D eigenvalue weighted by atomic mass is 16.2. The van der Waals surface area contributed by atoms with Crippen LogP contribution in [0.3, 0.4) is 0 Å². The van der Waals surface area contributed by atoms with Crippen molar-refractivity contribution in [1.29, 1.82) is 0 Å². The molecule has 1 atom stereocenters. The van der Waals surface area contributed by atoms with Crippen LogP contribution in [0, 0.1) is 6.92 Å². The van der Waals surface area contributed by atoms with Gasteiger partial charge in [-0.2, -0.15) is 9.78 Å². The number of nitrogens with zero attached hydrogens (tertiary/aromatic N) is 5. The zero-order chi connectivity index (χ0) is 14.9. The largest absolute Gasteiger partial charge is 0.352 e. The van der Waals surface area contributed by atoms with Gasteiger partial charge in [0.15, 0.2) is 5.52 Å². The van der Waals surface area contributed by atoms with Gasteiger partial charge in [-0.25, -0.2) is 0 Å². The molecule has 0 bridgehead atoms. The molecule has 0 fully saturated rings. The smallest absolute Gasteiger partial charge is 0.298 e. The van der Waals surface area contributed by atoms with Crippen molar-refractivity contribution in [3.05, 3.63) is 16.0 Å². The number of hydrogen-bond acceptors (Lipinski definition) is 5. The van der Waals surface area contributed by atoms with E-state index in [0.717, 1.165) is 16.8 Å². The second kappa shape index (κ2) is 5.40. The SMILES string of the molecule is CC[C@H](C)NC(=O)Cn1nnc2c(C)n(C)nc2c1=O. The minimum absolute atomic E-state index is 0.0620. The lowest BCUT2D eigenvalue weighted by molar-refractivity contribution is -0.122. The number of carbonyl (C=O) groups is 1. The molecule has 0 saturated heterocycles. The van der Waals surface area contributed by atoms with Crippen molar-refractivity contribution in [2.24, 2.45) is 7.05 Å². The highest BCUT2D eigenvalue weighted by Gasteiger charge is 2.15. The van der Waals surface area contributed by atoms with Gasteiger partial charge in [0, 0.05) is 13.1 Å². The van der Waals surface area contributed by atoms with E-state index in [0.29, 0.717) is 5.52 Å². The molecule has 108 valence electrons. The van der Waals surface area contributed by atoms with Crippen LogP contribution in [0.5, 0.6) is 0 Å². The highest BCUT2D eigenvalue weighted by Crippen LogP contribution is 2.08. The summed E-state index contributed by atoms with van der Waals surface area (Å²) in [6.07, 6.45) is 0.824. The quantitative estimate of drug-likeness (QED) is 0.832. The van der Waals surface area contributed by atoms with Crippen LogP contribution >= 0.6 is 0 Å². The second-order valence-electron chi connectivity index (χ2n) is 4.84. The summed E-state index contributed by atoms with van der Waals surface area (Å²) in [6.45, 7) is 5.53. The van der Waals surface area contributed by atoms with E-state index < -0.39 is 5.56 Å². The molecule has 1 N–H and O–H groups in total. The van der Waals surface area contributed by atoms with E-state index in [2.05, 4.69) is 20.7 Å². The molecule has 0 aromatic carbocycles. The summed E-state index contributed by atoms with van der Waals surface area (Å²) < 4.78 is 2.61. The van der Waals surface area contributed by atoms with Gasteiger partial charge in [-0.3, -0.25) is 14.3 Å². The molecule has 2 aromatic rings.